The van der Waals surface area contributed by atoms with Gasteiger partial charge in [0.2, 0.25) is 0 Å². The van der Waals surface area contributed by atoms with Crippen LogP contribution in [0.2, 0.25) is 0 Å². The summed E-state index contributed by atoms with van der Waals surface area (Å²) in [6.07, 6.45) is 2.70. The number of nitrogens with two attached hydrogens (primary N) is 1. The largest absolute Gasteiger partial charge is 0.396 e. The highest BCUT2D eigenvalue weighted by atomic mass is 14.9. The van der Waals surface area contributed by atoms with Crippen molar-refractivity contribution in [2.24, 2.45) is 0 Å². The summed E-state index contributed by atoms with van der Waals surface area (Å²) in [7, 11) is 0. The van der Waals surface area contributed by atoms with Crippen molar-refractivity contribution in [3.63, 3.8) is 0 Å². The number of nitrogens with zero attached hydrogens (tertiary/aromatic N) is 2. The molecule has 0 aliphatic heterocycles. The van der Waals surface area contributed by atoms with Crippen molar-refractivity contribution in [3.05, 3.63) is 41.7 Å². The molecule has 1 heterocycles. The molecular formula is C13H15N3. The SMILES string of the molecule is CCc1ccc(-c2ncc(N)c(C)n2)cc1. The van der Waals surface area contributed by atoms with E-state index in [9.17, 15) is 0 Å². The van der Waals surface area contributed by atoms with Crippen LogP contribution in [0.1, 0.15) is 18.2 Å². The molecule has 0 saturated heterocycles. The lowest BCUT2D eigenvalue weighted by atomic mass is 10.1. The van der Waals surface area contributed by atoms with Crippen LogP contribution in [0.15, 0.2) is 30.5 Å². The van der Waals surface area contributed by atoms with E-state index in [-0.39, 0.29) is 0 Å². The summed E-state index contributed by atoms with van der Waals surface area (Å²) in [5.41, 5.74) is 9.49. The van der Waals surface area contributed by atoms with E-state index in [0.29, 0.717) is 5.69 Å². The molecule has 0 aliphatic rings. The predicted molar refractivity (Wildman–Crippen MR) is 66.0 cm³/mol. The Kier molecular flexibility index (Phi) is 2.86. The van der Waals surface area contributed by atoms with Crippen LogP contribution in [0.5, 0.6) is 0 Å². The highest BCUT2D eigenvalue weighted by Crippen LogP contribution is 2.17. The van der Waals surface area contributed by atoms with Crippen LogP contribution >= 0.6 is 0 Å². The zero-order valence-electron chi connectivity index (χ0n) is 9.57. The fourth-order valence-electron chi connectivity index (χ4n) is 1.50. The van der Waals surface area contributed by atoms with E-state index < -0.39 is 0 Å². The molecule has 0 aliphatic carbocycles. The normalized spacial score (nSPS) is 10.4. The van der Waals surface area contributed by atoms with Crippen molar-refractivity contribution in [2.75, 3.05) is 5.73 Å². The molecule has 0 saturated carbocycles. The molecular weight excluding hydrogens is 198 g/mol. The number of hydrogen-bond acceptors (Lipinski definition) is 3. The van der Waals surface area contributed by atoms with Gasteiger partial charge in [-0.05, 0) is 18.9 Å². The Morgan fingerprint density at radius 3 is 2.44 bits per heavy atom. The molecule has 1 aromatic carbocycles. The topological polar surface area (TPSA) is 51.8 Å². The number of rotatable bonds is 2. The number of nitrogen functional groups attached to an aromatic ring is 1. The van der Waals surface area contributed by atoms with Gasteiger partial charge in [0, 0.05) is 5.56 Å². The van der Waals surface area contributed by atoms with Crippen LogP contribution in [-0.4, -0.2) is 9.97 Å². The molecule has 2 aromatic rings. The monoisotopic (exact) mass is 213 g/mol. The predicted octanol–water partition coefficient (Wildman–Crippen LogP) is 2.60. The minimum absolute atomic E-state index is 0.633. The van der Waals surface area contributed by atoms with E-state index in [1.807, 2.05) is 19.1 Å². The summed E-state index contributed by atoms with van der Waals surface area (Å²) in [6.45, 7) is 4.03. The zero-order valence-corrected chi connectivity index (χ0v) is 9.57. The Balaban J connectivity index is 2.38. The average molecular weight is 213 g/mol. The van der Waals surface area contributed by atoms with Gasteiger partial charge in [-0.3, -0.25) is 0 Å². The average Bonchev–Trinajstić information content (AvgIpc) is 2.33. The zero-order chi connectivity index (χ0) is 11.5. The molecule has 0 unspecified atom stereocenters. The fraction of sp³-hybridized carbons (Fsp3) is 0.231. The molecule has 2 N–H and O–H groups in total. The van der Waals surface area contributed by atoms with Gasteiger partial charge in [0.1, 0.15) is 0 Å². The van der Waals surface area contributed by atoms with Crippen molar-refractivity contribution >= 4 is 5.69 Å². The van der Waals surface area contributed by atoms with E-state index in [1.165, 1.54) is 5.56 Å². The van der Waals surface area contributed by atoms with Crippen molar-refractivity contribution in [1.29, 1.82) is 0 Å². The van der Waals surface area contributed by atoms with E-state index in [1.54, 1.807) is 6.20 Å². The molecule has 0 spiro atoms. The third-order valence-corrected chi connectivity index (χ3v) is 2.64. The number of hydrogen-bond donors (Lipinski definition) is 1. The summed E-state index contributed by atoms with van der Waals surface area (Å²) < 4.78 is 0. The Hall–Kier alpha value is -1.90. The van der Waals surface area contributed by atoms with Gasteiger partial charge in [-0.15, -0.1) is 0 Å². The molecule has 16 heavy (non-hydrogen) atoms. The number of benzene rings is 1. The molecule has 0 radical (unpaired) electrons. The number of aryl methyl sites for hydroxylation is 2. The Morgan fingerprint density at radius 2 is 1.88 bits per heavy atom. The first-order chi connectivity index (χ1) is 7.70. The molecule has 0 bridgehead atoms. The Labute approximate surface area is 95.4 Å². The van der Waals surface area contributed by atoms with Crippen molar-refractivity contribution in [2.45, 2.75) is 20.3 Å². The maximum Gasteiger partial charge on any atom is 0.159 e. The third kappa shape index (κ3) is 2.03. The first-order valence-corrected chi connectivity index (χ1v) is 5.39. The van der Waals surface area contributed by atoms with Crippen LogP contribution in [-0.2, 0) is 6.42 Å². The molecule has 82 valence electrons. The summed E-state index contributed by atoms with van der Waals surface area (Å²) in [6, 6.07) is 8.29. The van der Waals surface area contributed by atoms with Crippen LogP contribution in [0.3, 0.4) is 0 Å². The van der Waals surface area contributed by atoms with E-state index in [4.69, 9.17) is 5.73 Å². The van der Waals surface area contributed by atoms with Gasteiger partial charge in [0.25, 0.3) is 0 Å². The highest BCUT2D eigenvalue weighted by molar-refractivity contribution is 5.57. The lowest BCUT2D eigenvalue weighted by Gasteiger charge is -2.04. The van der Waals surface area contributed by atoms with Crippen molar-refractivity contribution < 1.29 is 0 Å². The minimum atomic E-state index is 0.633. The van der Waals surface area contributed by atoms with Gasteiger partial charge in [0.15, 0.2) is 5.82 Å². The van der Waals surface area contributed by atoms with E-state index >= 15 is 0 Å². The quantitative estimate of drug-likeness (QED) is 0.834. The van der Waals surface area contributed by atoms with Gasteiger partial charge in [-0.1, -0.05) is 31.2 Å². The van der Waals surface area contributed by atoms with Gasteiger partial charge in [0.05, 0.1) is 17.6 Å². The molecule has 1 aromatic heterocycles. The maximum atomic E-state index is 5.69. The van der Waals surface area contributed by atoms with Crippen molar-refractivity contribution in [3.8, 4) is 11.4 Å². The van der Waals surface area contributed by atoms with Crippen LogP contribution in [0.25, 0.3) is 11.4 Å². The second-order valence-corrected chi connectivity index (χ2v) is 3.78. The van der Waals surface area contributed by atoms with Gasteiger partial charge in [-0.25, -0.2) is 9.97 Å². The molecule has 0 fully saturated rings. The smallest absolute Gasteiger partial charge is 0.159 e. The van der Waals surface area contributed by atoms with Crippen LogP contribution in [0, 0.1) is 6.92 Å². The Bertz CT molecular complexity index is 489. The first kappa shape index (κ1) is 10.6. The molecule has 0 amide bonds. The van der Waals surface area contributed by atoms with E-state index in [0.717, 1.165) is 23.5 Å². The second kappa shape index (κ2) is 4.31. The second-order valence-electron chi connectivity index (χ2n) is 3.78. The third-order valence-electron chi connectivity index (χ3n) is 2.64. The lowest BCUT2D eigenvalue weighted by molar-refractivity contribution is 1.11. The number of aromatic nitrogens is 2. The highest BCUT2D eigenvalue weighted by Gasteiger charge is 2.03. The Morgan fingerprint density at radius 1 is 1.19 bits per heavy atom. The minimum Gasteiger partial charge on any atom is -0.396 e. The van der Waals surface area contributed by atoms with Crippen LogP contribution in [0.4, 0.5) is 5.69 Å². The molecule has 2 rings (SSSR count). The van der Waals surface area contributed by atoms with Gasteiger partial charge >= 0.3 is 0 Å². The van der Waals surface area contributed by atoms with Crippen molar-refractivity contribution in [1.82, 2.24) is 9.97 Å². The summed E-state index contributed by atoms with van der Waals surface area (Å²) >= 11 is 0. The first-order valence-electron chi connectivity index (χ1n) is 5.39. The van der Waals surface area contributed by atoms with E-state index in [2.05, 4.69) is 29.0 Å². The number of anilines is 1. The molecule has 3 heteroatoms. The molecule has 3 nitrogen and oxygen atoms in total. The molecule has 0 atom stereocenters. The maximum absolute atomic E-state index is 5.69. The standard InChI is InChI=1S/C13H15N3/c1-3-10-4-6-11(7-5-10)13-15-8-12(14)9(2)16-13/h4-8H,3,14H2,1-2H3. The van der Waals surface area contributed by atoms with Gasteiger partial charge in [-0.2, -0.15) is 0 Å². The lowest BCUT2D eigenvalue weighted by Crippen LogP contribution is -1.97. The van der Waals surface area contributed by atoms with Crippen LogP contribution < -0.4 is 5.73 Å². The fourth-order valence-corrected chi connectivity index (χ4v) is 1.50. The summed E-state index contributed by atoms with van der Waals surface area (Å²) in [4.78, 5) is 8.59. The summed E-state index contributed by atoms with van der Waals surface area (Å²) in [5.74, 6) is 0.731. The summed E-state index contributed by atoms with van der Waals surface area (Å²) in [5, 5.41) is 0. The van der Waals surface area contributed by atoms with Gasteiger partial charge < -0.3 is 5.73 Å².